The molecule has 0 bridgehead atoms. The summed E-state index contributed by atoms with van der Waals surface area (Å²) in [5.41, 5.74) is 0.344. The van der Waals surface area contributed by atoms with E-state index in [0.29, 0.717) is 12.0 Å². The van der Waals surface area contributed by atoms with Gasteiger partial charge in [-0.15, -0.1) is 0 Å². The minimum Gasteiger partial charge on any atom is -0.337 e. The van der Waals surface area contributed by atoms with Crippen molar-refractivity contribution >= 4 is 23.1 Å². The average Bonchev–Trinajstić information content (AvgIpc) is 2.40. The van der Waals surface area contributed by atoms with Crippen molar-refractivity contribution in [2.24, 2.45) is 0 Å². The lowest BCUT2D eigenvalue weighted by Crippen LogP contribution is -2.04. The molecule has 0 aliphatic carbocycles. The second kappa shape index (κ2) is 5.44. The maximum absolute atomic E-state index is 13.5. The normalized spacial score (nSPS) is 10.6. The van der Waals surface area contributed by atoms with E-state index in [-0.39, 0.29) is 16.7 Å². The molecule has 0 saturated heterocycles. The number of nitrogens with zero attached hydrogens (tertiary/aromatic N) is 2. The van der Waals surface area contributed by atoms with Gasteiger partial charge in [-0.2, -0.15) is 0 Å². The Morgan fingerprint density at radius 1 is 1.16 bits per heavy atom. The highest BCUT2D eigenvalue weighted by Gasteiger charge is 2.15. The summed E-state index contributed by atoms with van der Waals surface area (Å²) in [5.74, 6) is -3.84. The Balaban J connectivity index is 2.42. The topological polar surface area (TPSA) is 37.8 Å². The highest BCUT2D eigenvalue weighted by molar-refractivity contribution is 6.30. The SMILES string of the molecule is CCc1c(Cl)ncnc1Nc1ccc(F)c(F)c1F. The molecule has 0 aliphatic heterocycles. The molecule has 2 aromatic rings. The van der Waals surface area contributed by atoms with Crippen LogP contribution in [0.4, 0.5) is 24.7 Å². The second-order valence-electron chi connectivity index (χ2n) is 3.69. The number of rotatable bonds is 3. The van der Waals surface area contributed by atoms with E-state index in [0.717, 1.165) is 12.1 Å². The maximum atomic E-state index is 13.5. The molecule has 0 saturated carbocycles. The van der Waals surface area contributed by atoms with Gasteiger partial charge >= 0.3 is 0 Å². The van der Waals surface area contributed by atoms with Crippen molar-refractivity contribution in [1.29, 1.82) is 0 Å². The molecule has 1 heterocycles. The third-order valence-electron chi connectivity index (χ3n) is 2.53. The van der Waals surface area contributed by atoms with Crippen LogP contribution >= 0.6 is 11.6 Å². The predicted molar refractivity (Wildman–Crippen MR) is 66.0 cm³/mol. The van der Waals surface area contributed by atoms with E-state index >= 15 is 0 Å². The van der Waals surface area contributed by atoms with E-state index < -0.39 is 17.5 Å². The van der Waals surface area contributed by atoms with Crippen molar-refractivity contribution in [3.8, 4) is 0 Å². The van der Waals surface area contributed by atoms with Crippen LogP contribution in [0.25, 0.3) is 0 Å². The van der Waals surface area contributed by atoms with Gasteiger partial charge in [-0.25, -0.2) is 23.1 Å². The number of nitrogens with one attached hydrogen (secondary N) is 1. The minimum absolute atomic E-state index is 0.219. The van der Waals surface area contributed by atoms with Crippen LogP contribution in [0.15, 0.2) is 18.5 Å². The monoisotopic (exact) mass is 287 g/mol. The van der Waals surface area contributed by atoms with Gasteiger partial charge in [0, 0.05) is 5.56 Å². The molecule has 19 heavy (non-hydrogen) atoms. The van der Waals surface area contributed by atoms with Gasteiger partial charge in [-0.05, 0) is 18.6 Å². The third-order valence-corrected chi connectivity index (χ3v) is 2.86. The molecule has 0 amide bonds. The fourth-order valence-corrected chi connectivity index (χ4v) is 1.83. The van der Waals surface area contributed by atoms with Crippen molar-refractivity contribution < 1.29 is 13.2 Å². The fourth-order valence-electron chi connectivity index (χ4n) is 1.56. The van der Waals surface area contributed by atoms with Gasteiger partial charge in [0.1, 0.15) is 17.3 Å². The van der Waals surface area contributed by atoms with Gasteiger partial charge in [0.05, 0.1) is 5.69 Å². The van der Waals surface area contributed by atoms with Crippen molar-refractivity contribution in [1.82, 2.24) is 9.97 Å². The highest BCUT2D eigenvalue weighted by Crippen LogP contribution is 2.26. The molecule has 2 rings (SSSR count). The van der Waals surface area contributed by atoms with E-state index in [1.807, 2.05) is 6.92 Å². The molecular formula is C12H9ClF3N3. The minimum atomic E-state index is -1.54. The summed E-state index contributed by atoms with van der Waals surface area (Å²) < 4.78 is 39.5. The molecule has 0 unspecified atom stereocenters. The number of benzene rings is 1. The van der Waals surface area contributed by atoms with E-state index in [1.54, 1.807) is 0 Å². The standard InChI is InChI=1S/C12H9ClF3N3/c1-2-6-11(13)17-5-18-12(6)19-8-4-3-7(14)9(15)10(8)16/h3-5H,2H2,1H3,(H,17,18,19). The van der Waals surface area contributed by atoms with Crippen LogP contribution in [0.3, 0.4) is 0 Å². The van der Waals surface area contributed by atoms with Gasteiger partial charge in [0.15, 0.2) is 17.5 Å². The summed E-state index contributed by atoms with van der Waals surface area (Å²) >= 11 is 5.87. The van der Waals surface area contributed by atoms with Crippen LogP contribution in [0.5, 0.6) is 0 Å². The summed E-state index contributed by atoms with van der Waals surface area (Å²) in [4.78, 5) is 7.70. The lowest BCUT2D eigenvalue weighted by molar-refractivity contribution is 0.449. The molecule has 100 valence electrons. The lowest BCUT2D eigenvalue weighted by Gasteiger charge is -2.11. The van der Waals surface area contributed by atoms with Crippen LogP contribution in [0.1, 0.15) is 12.5 Å². The number of hydrogen-bond donors (Lipinski definition) is 1. The van der Waals surface area contributed by atoms with Gasteiger partial charge < -0.3 is 5.32 Å². The first kappa shape index (κ1) is 13.6. The van der Waals surface area contributed by atoms with E-state index in [1.165, 1.54) is 6.33 Å². The van der Waals surface area contributed by atoms with Crippen LogP contribution in [0.2, 0.25) is 5.15 Å². The van der Waals surface area contributed by atoms with Gasteiger partial charge in [-0.1, -0.05) is 18.5 Å². The van der Waals surface area contributed by atoms with E-state index in [2.05, 4.69) is 15.3 Å². The lowest BCUT2D eigenvalue weighted by atomic mass is 10.2. The van der Waals surface area contributed by atoms with Crippen molar-refractivity contribution in [2.75, 3.05) is 5.32 Å². The van der Waals surface area contributed by atoms with Crippen molar-refractivity contribution in [3.05, 3.63) is 46.6 Å². The summed E-state index contributed by atoms with van der Waals surface area (Å²) in [6, 6.07) is 1.92. The molecule has 0 fully saturated rings. The Morgan fingerprint density at radius 3 is 2.58 bits per heavy atom. The molecule has 0 spiro atoms. The molecule has 0 aliphatic rings. The Hall–Kier alpha value is -1.82. The Labute approximate surface area is 112 Å². The second-order valence-corrected chi connectivity index (χ2v) is 4.05. The largest absolute Gasteiger partial charge is 0.337 e. The quantitative estimate of drug-likeness (QED) is 0.688. The molecule has 1 aromatic carbocycles. The zero-order chi connectivity index (χ0) is 14.0. The molecule has 1 N–H and O–H groups in total. The first-order chi connectivity index (χ1) is 9.04. The van der Waals surface area contributed by atoms with Crippen molar-refractivity contribution in [3.63, 3.8) is 0 Å². The summed E-state index contributed by atoms with van der Waals surface area (Å²) in [5, 5.41) is 2.81. The predicted octanol–water partition coefficient (Wildman–Crippen LogP) is 3.85. The van der Waals surface area contributed by atoms with E-state index in [4.69, 9.17) is 11.6 Å². The summed E-state index contributed by atoms with van der Waals surface area (Å²) in [6.07, 6.45) is 1.70. The fraction of sp³-hybridized carbons (Fsp3) is 0.167. The molecule has 1 aromatic heterocycles. The van der Waals surface area contributed by atoms with Gasteiger partial charge in [0.25, 0.3) is 0 Å². The number of hydrogen-bond acceptors (Lipinski definition) is 3. The Kier molecular flexibility index (Phi) is 3.90. The molecule has 0 radical (unpaired) electrons. The third kappa shape index (κ3) is 2.63. The molecule has 3 nitrogen and oxygen atoms in total. The zero-order valence-corrected chi connectivity index (χ0v) is 10.6. The Morgan fingerprint density at radius 2 is 1.89 bits per heavy atom. The molecule has 0 atom stereocenters. The van der Waals surface area contributed by atoms with E-state index in [9.17, 15) is 13.2 Å². The van der Waals surface area contributed by atoms with Crippen molar-refractivity contribution in [2.45, 2.75) is 13.3 Å². The van der Waals surface area contributed by atoms with Crippen LogP contribution in [0, 0.1) is 17.5 Å². The molecule has 7 heteroatoms. The van der Waals surface area contributed by atoms with Gasteiger partial charge in [0.2, 0.25) is 0 Å². The zero-order valence-electron chi connectivity index (χ0n) is 9.85. The number of halogens is 4. The Bertz CT molecular complexity index is 619. The maximum Gasteiger partial charge on any atom is 0.196 e. The highest BCUT2D eigenvalue weighted by atomic mass is 35.5. The first-order valence-corrected chi connectivity index (χ1v) is 5.82. The smallest absolute Gasteiger partial charge is 0.196 e. The van der Waals surface area contributed by atoms with Gasteiger partial charge in [-0.3, -0.25) is 0 Å². The first-order valence-electron chi connectivity index (χ1n) is 5.44. The summed E-state index contributed by atoms with van der Waals surface area (Å²) in [6.45, 7) is 1.82. The average molecular weight is 288 g/mol. The number of anilines is 2. The van der Waals surface area contributed by atoms with Crippen LogP contribution < -0.4 is 5.32 Å². The van der Waals surface area contributed by atoms with Crippen LogP contribution in [-0.2, 0) is 6.42 Å². The number of aromatic nitrogens is 2. The van der Waals surface area contributed by atoms with Crippen LogP contribution in [-0.4, -0.2) is 9.97 Å². The summed E-state index contributed by atoms with van der Waals surface area (Å²) in [7, 11) is 0. The molecular weight excluding hydrogens is 279 g/mol.